The standard InChI is InChI=1S/C26H30F3N5O/c1-31-23-10-3-2-9-22(23)30-24(31)18-32-11-5-6-19(17-32)25(35)34-14-12-33(13-15-34)21-8-4-7-20(16-21)26(27,28)29/h2-4,7-10,16,19H,5-6,11-15,17-18H2,1H3/t19-/m1/s1. The lowest BCUT2D eigenvalue weighted by atomic mass is 9.96. The Morgan fingerprint density at radius 2 is 1.80 bits per heavy atom. The second kappa shape index (κ2) is 9.53. The number of carbonyl (C=O) groups excluding carboxylic acids is 1. The number of hydrogen-bond donors (Lipinski definition) is 0. The average molecular weight is 486 g/mol. The number of hydrogen-bond acceptors (Lipinski definition) is 4. The second-order valence-corrected chi connectivity index (χ2v) is 9.51. The Kier molecular flexibility index (Phi) is 6.44. The first-order valence-electron chi connectivity index (χ1n) is 12.1. The van der Waals surface area contributed by atoms with Gasteiger partial charge >= 0.3 is 6.18 Å². The largest absolute Gasteiger partial charge is 0.416 e. The van der Waals surface area contributed by atoms with Crippen molar-refractivity contribution in [3.8, 4) is 0 Å². The third-order valence-corrected chi connectivity index (χ3v) is 7.23. The first-order valence-corrected chi connectivity index (χ1v) is 12.1. The van der Waals surface area contributed by atoms with Gasteiger partial charge in [0.1, 0.15) is 5.82 Å². The van der Waals surface area contributed by atoms with Crippen LogP contribution in [0.25, 0.3) is 11.0 Å². The number of aryl methyl sites for hydroxylation is 1. The van der Waals surface area contributed by atoms with Crippen LogP contribution >= 0.6 is 0 Å². The Bertz CT molecular complexity index is 1200. The van der Waals surface area contributed by atoms with E-state index >= 15 is 0 Å². The lowest BCUT2D eigenvalue weighted by Crippen LogP contribution is -2.52. The average Bonchev–Trinajstić information content (AvgIpc) is 3.18. The van der Waals surface area contributed by atoms with Crippen LogP contribution in [0.5, 0.6) is 0 Å². The maximum atomic E-state index is 13.3. The van der Waals surface area contributed by atoms with Crippen molar-refractivity contribution >= 4 is 22.6 Å². The number of carbonyl (C=O) groups is 1. The van der Waals surface area contributed by atoms with Crippen LogP contribution in [0.15, 0.2) is 48.5 Å². The molecule has 6 nitrogen and oxygen atoms in total. The summed E-state index contributed by atoms with van der Waals surface area (Å²) in [5, 5.41) is 0. The lowest BCUT2D eigenvalue weighted by molar-refractivity contribution is -0.138. The molecule has 0 saturated carbocycles. The summed E-state index contributed by atoms with van der Waals surface area (Å²) in [7, 11) is 2.03. The van der Waals surface area contributed by atoms with Crippen molar-refractivity contribution in [1.82, 2.24) is 19.4 Å². The van der Waals surface area contributed by atoms with Gasteiger partial charge < -0.3 is 14.4 Å². The molecule has 186 valence electrons. The quantitative estimate of drug-likeness (QED) is 0.557. The number of alkyl halides is 3. The molecule has 5 rings (SSSR count). The van der Waals surface area contributed by atoms with Gasteiger partial charge in [0.2, 0.25) is 5.91 Å². The van der Waals surface area contributed by atoms with Gasteiger partial charge in [-0.05, 0) is 49.7 Å². The number of anilines is 1. The number of nitrogens with zero attached hydrogens (tertiary/aromatic N) is 5. The van der Waals surface area contributed by atoms with E-state index in [9.17, 15) is 18.0 Å². The fraction of sp³-hybridized carbons (Fsp3) is 0.462. The Hall–Kier alpha value is -3.07. The fourth-order valence-electron chi connectivity index (χ4n) is 5.26. The van der Waals surface area contributed by atoms with Crippen LogP contribution in [-0.2, 0) is 24.6 Å². The van der Waals surface area contributed by atoms with Gasteiger partial charge in [-0.25, -0.2) is 4.98 Å². The molecule has 1 amide bonds. The van der Waals surface area contributed by atoms with Crippen molar-refractivity contribution in [3.05, 3.63) is 59.9 Å². The predicted octanol–water partition coefficient (Wildman–Crippen LogP) is 4.15. The highest BCUT2D eigenvalue weighted by Crippen LogP contribution is 2.32. The molecular formula is C26H30F3N5O. The molecule has 1 atom stereocenters. The summed E-state index contributed by atoms with van der Waals surface area (Å²) in [5.41, 5.74) is 1.99. The molecule has 0 bridgehead atoms. The van der Waals surface area contributed by atoms with Crippen molar-refractivity contribution in [2.75, 3.05) is 44.2 Å². The summed E-state index contributed by atoms with van der Waals surface area (Å²) in [6.07, 6.45) is -2.53. The number of piperazine rings is 1. The SMILES string of the molecule is Cn1c(CN2CCC[C@@H](C(=O)N3CCN(c4cccc(C(F)(F)F)c4)CC3)C2)nc2ccccc21. The highest BCUT2D eigenvalue weighted by Gasteiger charge is 2.33. The Balaban J connectivity index is 1.18. The zero-order chi connectivity index (χ0) is 24.6. The minimum atomic E-state index is -4.36. The number of amides is 1. The first kappa shape index (κ1) is 23.7. The molecule has 35 heavy (non-hydrogen) atoms. The number of fused-ring (bicyclic) bond motifs is 1. The van der Waals surface area contributed by atoms with Gasteiger partial charge in [0, 0.05) is 45.5 Å². The van der Waals surface area contributed by atoms with E-state index in [1.165, 1.54) is 12.1 Å². The van der Waals surface area contributed by atoms with Gasteiger partial charge in [-0.3, -0.25) is 9.69 Å². The van der Waals surface area contributed by atoms with Crippen LogP contribution in [0.2, 0.25) is 0 Å². The predicted molar refractivity (Wildman–Crippen MR) is 129 cm³/mol. The molecule has 3 aromatic rings. The Morgan fingerprint density at radius 3 is 2.54 bits per heavy atom. The van der Waals surface area contributed by atoms with E-state index in [0.29, 0.717) is 45.0 Å². The Morgan fingerprint density at radius 1 is 1.03 bits per heavy atom. The van der Waals surface area contributed by atoms with Crippen molar-refractivity contribution < 1.29 is 18.0 Å². The third-order valence-electron chi connectivity index (χ3n) is 7.23. The van der Waals surface area contributed by atoms with E-state index in [2.05, 4.69) is 15.5 Å². The molecule has 2 saturated heterocycles. The van der Waals surface area contributed by atoms with E-state index in [4.69, 9.17) is 4.98 Å². The zero-order valence-corrected chi connectivity index (χ0v) is 19.8. The van der Waals surface area contributed by atoms with Crippen molar-refractivity contribution in [1.29, 1.82) is 0 Å². The summed E-state index contributed by atoms with van der Waals surface area (Å²) in [5.74, 6) is 1.09. The van der Waals surface area contributed by atoms with E-state index < -0.39 is 11.7 Å². The lowest BCUT2D eigenvalue weighted by Gasteiger charge is -2.39. The van der Waals surface area contributed by atoms with Gasteiger partial charge in [-0.1, -0.05) is 18.2 Å². The molecule has 0 spiro atoms. The molecule has 0 N–H and O–H groups in total. The molecule has 0 unspecified atom stereocenters. The number of likely N-dealkylation sites (tertiary alicyclic amines) is 1. The molecule has 0 radical (unpaired) electrons. The second-order valence-electron chi connectivity index (χ2n) is 9.51. The third kappa shape index (κ3) is 5.00. The minimum Gasteiger partial charge on any atom is -0.368 e. The summed E-state index contributed by atoms with van der Waals surface area (Å²) in [6.45, 7) is 4.46. The van der Waals surface area contributed by atoms with Crippen LogP contribution in [0.1, 0.15) is 24.2 Å². The van der Waals surface area contributed by atoms with E-state index in [-0.39, 0.29) is 11.8 Å². The number of benzene rings is 2. The topological polar surface area (TPSA) is 44.6 Å². The van der Waals surface area contributed by atoms with Crippen LogP contribution in [-0.4, -0.2) is 64.5 Å². The van der Waals surface area contributed by atoms with E-state index in [1.54, 1.807) is 6.07 Å². The van der Waals surface area contributed by atoms with Crippen molar-refractivity contribution in [2.24, 2.45) is 13.0 Å². The summed E-state index contributed by atoms with van der Waals surface area (Å²) in [4.78, 5) is 24.2. The Labute approximate surface area is 202 Å². The zero-order valence-electron chi connectivity index (χ0n) is 19.8. The monoisotopic (exact) mass is 485 g/mol. The van der Waals surface area contributed by atoms with Gasteiger partial charge in [0.15, 0.2) is 0 Å². The molecule has 2 fully saturated rings. The number of aromatic nitrogens is 2. The molecule has 1 aromatic heterocycles. The van der Waals surface area contributed by atoms with Crippen LogP contribution in [0, 0.1) is 5.92 Å². The highest BCUT2D eigenvalue weighted by molar-refractivity contribution is 5.79. The number of halogens is 3. The van der Waals surface area contributed by atoms with Gasteiger partial charge in [0.05, 0.1) is 29.1 Å². The van der Waals surface area contributed by atoms with E-state index in [1.807, 2.05) is 35.0 Å². The molecule has 3 heterocycles. The number of rotatable bonds is 4. The molecule has 0 aliphatic carbocycles. The maximum Gasteiger partial charge on any atom is 0.416 e. The van der Waals surface area contributed by atoms with E-state index in [0.717, 1.165) is 42.3 Å². The van der Waals surface area contributed by atoms with Crippen LogP contribution in [0.4, 0.5) is 18.9 Å². The van der Waals surface area contributed by atoms with Crippen LogP contribution in [0.3, 0.4) is 0 Å². The molecule has 2 aliphatic rings. The minimum absolute atomic E-state index is 0.0569. The summed E-state index contributed by atoms with van der Waals surface area (Å²) >= 11 is 0. The highest BCUT2D eigenvalue weighted by atomic mass is 19.4. The van der Waals surface area contributed by atoms with Crippen molar-refractivity contribution in [3.63, 3.8) is 0 Å². The fourth-order valence-corrected chi connectivity index (χ4v) is 5.26. The first-order chi connectivity index (χ1) is 16.8. The summed E-state index contributed by atoms with van der Waals surface area (Å²) in [6, 6.07) is 13.5. The normalized spacial score (nSPS) is 19.9. The number of piperidine rings is 1. The molecule has 2 aromatic carbocycles. The number of para-hydroxylation sites is 2. The van der Waals surface area contributed by atoms with Gasteiger partial charge in [-0.15, -0.1) is 0 Å². The van der Waals surface area contributed by atoms with Crippen molar-refractivity contribution in [2.45, 2.75) is 25.6 Å². The van der Waals surface area contributed by atoms with Gasteiger partial charge in [0.25, 0.3) is 0 Å². The molecule has 2 aliphatic heterocycles. The smallest absolute Gasteiger partial charge is 0.368 e. The summed E-state index contributed by atoms with van der Waals surface area (Å²) < 4.78 is 41.3. The number of imidazole rings is 1. The molecular weight excluding hydrogens is 455 g/mol. The molecule has 9 heteroatoms. The van der Waals surface area contributed by atoms with Crippen LogP contribution < -0.4 is 4.90 Å². The van der Waals surface area contributed by atoms with Gasteiger partial charge in [-0.2, -0.15) is 13.2 Å². The maximum absolute atomic E-state index is 13.3.